The van der Waals surface area contributed by atoms with Crippen LogP contribution in [-0.2, 0) is 0 Å². The maximum atomic E-state index is 2.26. The monoisotopic (exact) mass is 216 g/mol. The zero-order valence-corrected chi connectivity index (χ0v) is 11.0. The van der Waals surface area contributed by atoms with Gasteiger partial charge in [0.1, 0.15) is 0 Å². The van der Waals surface area contributed by atoms with Gasteiger partial charge >= 0.3 is 0 Å². The van der Waals surface area contributed by atoms with Gasteiger partial charge in [-0.15, -0.1) is 0 Å². The standard InChI is InChI=1S/C7H10.C7H8.C2H6/c2*1-7-5-3-2-4-6-7;1-2/h3,5-6H,2,4H2,1H3;2-6H,1H3;1-2H3. The first-order chi connectivity index (χ1) is 7.79. The smallest absolute Gasteiger partial charge is 0.0310 e. The van der Waals surface area contributed by atoms with Crippen LogP contribution < -0.4 is 0 Å². The number of benzene rings is 1. The molecule has 0 saturated heterocycles. The highest BCUT2D eigenvalue weighted by Crippen LogP contribution is 2.06. The van der Waals surface area contributed by atoms with Gasteiger partial charge in [-0.1, -0.05) is 73.5 Å². The fraction of sp³-hybridized carbons (Fsp3) is 0.375. The summed E-state index contributed by atoms with van der Waals surface area (Å²) in [4.78, 5) is 0. The lowest BCUT2D eigenvalue weighted by Crippen LogP contribution is -1.76. The minimum Gasteiger partial charge on any atom is -0.0840 e. The van der Waals surface area contributed by atoms with Crippen LogP contribution in [0.3, 0.4) is 0 Å². The molecular formula is C16H24. The number of rotatable bonds is 0. The van der Waals surface area contributed by atoms with E-state index in [1.807, 2.05) is 32.0 Å². The van der Waals surface area contributed by atoms with E-state index in [1.54, 1.807) is 0 Å². The van der Waals surface area contributed by atoms with Gasteiger partial charge in [-0.2, -0.15) is 0 Å². The lowest BCUT2D eigenvalue weighted by Gasteiger charge is -1.96. The Morgan fingerprint density at radius 3 is 1.75 bits per heavy atom. The van der Waals surface area contributed by atoms with Crippen molar-refractivity contribution in [2.45, 2.75) is 40.5 Å². The average Bonchev–Trinajstić information content (AvgIpc) is 2.34. The molecule has 0 atom stereocenters. The predicted octanol–water partition coefficient (Wildman–Crippen LogP) is 5.30. The van der Waals surface area contributed by atoms with Crippen LogP contribution >= 0.6 is 0 Å². The normalized spacial score (nSPS) is 12.6. The van der Waals surface area contributed by atoms with Crippen molar-refractivity contribution < 1.29 is 0 Å². The molecule has 1 aromatic carbocycles. The van der Waals surface area contributed by atoms with Crippen molar-refractivity contribution in [1.29, 1.82) is 0 Å². The molecule has 0 nitrogen and oxygen atoms in total. The topological polar surface area (TPSA) is 0 Å². The van der Waals surface area contributed by atoms with Crippen LogP contribution in [0.1, 0.15) is 39.2 Å². The third-order valence-electron chi connectivity index (χ3n) is 2.12. The second-order valence-electron chi connectivity index (χ2n) is 3.58. The second-order valence-corrected chi connectivity index (χ2v) is 3.58. The lowest BCUT2D eigenvalue weighted by molar-refractivity contribution is 1.02. The average molecular weight is 216 g/mol. The first kappa shape index (κ1) is 14.7. The van der Waals surface area contributed by atoms with E-state index in [-0.39, 0.29) is 0 Å². The Kier molecular flexibility index (Phi) is 9.39. The van der Waals surface area contributed by atoms with Crippen LogP contribution in [0.2, 0.25) is 0 Å². The Morgan fingerprint density at radius 1 is 0.875 bits per heavy atom. The van der Waals surface area contributed by atoms with Crippen LogP contribution in [0.25, 0.3) is 0 Å². The third kappa shape index (κ3) is 8.05. The molecule has 0 radical (unpaired) electrons. The first-order valence-electron chi connectivity index (χ1n) is 6.14. The Morgan fingerprint density at radius 2 is 1.50 bits per heavy atom. The van der Waals surface area contributed by atoms with E-state index in [0.29, 0.717) is 0 Å². The van der Waals surface area contributed by atoms with E-state index >= 15 is 0 Å². The van der Waals surface area contributed by atoms with Crippen molar-refractivity contribution in [1.82, 2.24) is 0 Å². The largest absolute Gasteiger partial charge is 0.0840 e. The van der Waals surface area contributed by atoms with Crippen LogP contribution in [0, 0.1) is 6.92 Å². The van der Waals surface area contributed by atoms with Gasteiger partial charge in [0, 0.05) is 0 Å². The molecule has 0 bridgehead atoms. The summed E-state index contributed by atoms with van der Waals surface area (Å²) in [7, 11) is 0. The Bertz CT molecular complexity index is 304. The molecule has 1 aliphatic rings. The fourth-order valence-electron chi connectivity index (χ4n) is 1.28. The SMILES string of the molecule is CC.CC1=CCCC=C1.Cc1ccccc1. The van der Waals surface area contributed by atoms with Crippen LogP contribution in [0.15, 0.2) is 54.1 Å². The summed E-state index contributed by atoms with van der Waals surface area (Å²) in [6, 6.07) is 10.3. The molecule has 2 rings (SSSR count). The molecule has 0 aliphatic heterocycles. The summed E-state index contributed by atoms with van der Waals surface area (Å²) >= 11 is 0. The van der Waals surface area contributed by atoms with Crippen LogP contribution in [0.5, 0.6) is 0 Å². The zero-order valence-electron chi connectivity index (χ0n) is 11.0. The highest BCUT2D eigenvalue weighted by atomic mass is 13.9. The maximum Gasteiger partial charge on any atom is -0.0310 e. The fourth-order valence-corrected chi connectivity index (χ4v) is 1.28. The number of allylic oxidation sites excluding steroid dienone is 4. The van der Waals surface area contributed by atoms with Gasteiger partial charge in [-0.25, -0.2) is 0 Å². The highest BCUT2D eigenvalue weighted by Gasteiger charge is 1.86. The lowest BCUT2D eigenvalue weighted by atomic mass is 10.1. The van der Waals surface area contributed by atoms with Gasteiger partial charge in [0.15, 0.2) is 0 Å². The molecule has 0 unspecified atom stereocenters. The van der Waals surface area contributed by atoms with E-state index in [1.165, 1.54) is 24.0 Å². The van der Waals surface area contributed by atoms with Gasteiger partial charge in [0.2, 0.25) is 0 Å². The summed E-state index contributed by atoms with van der Waals surface area (Å²) < 4.78 is 0. The molecule has 0 heteroatoms. The molecule has 0 aromatic heterocycles. The van der Waals surface area contributed by atoms with E-state index < -0.39 is 0 Å². The molecular weight excluding hydrogens is 192 g/mol. The third-order valence-corrected chi connectivity index (χ3v) is 2.12. The van der Waals surface area contributed by atoms with Crippen LogP contribution in [-0.4, -0.2) is 0 Å². The van der Waals surface area contributed by atoms with Crippen molar-refractivity contribution in [3.05, 3.63) is 59.7 Å². The number of hydrogen-bond donors (Lipinski definition) is 0. The van der Waals surface area contributed by atoms with Crippen molar-refractivity contribution in [3.63, 3.8) is 0 Å². The van der Waals surface area contributed by atoms with E-state index in [9.17, 15) is 0 Å². The van der Waals surface area contributed by atoms with E-state index in [0.717, 1.165) is 0 Å². The predicted molar refractivity (Wildman–Crippen MR) is 74.7 cm³/mol. The van der Waals surface area contributed by atoms with Gasteiger partial charge in [0.25, 0.3) is 0 Å². The summed E-state index contributed by atoms with van der Waals surface area (Å²) in [5.41, 5.74) is 2.73. The highest BCUT2D eigenvalue weighted by molar-refractivity contribution is 5.19. The summed E-state index contributed by atoms with van der Waals surface area (Å²) in [6.07, 6.45) is 9.12. The minimum absolute atomic E-state index is 1.23. The molecule has 0 fully saturated rings. The summed E-state index contributed by atoms with van der Waals surface area (Å²) in [5, 5.41) is 0. The quantitative estimate of drug-likeness (QED) is 0.551. The zero-order chi connectivity index (χ0) is 12.2. The van der Waals surface area contributed by atoms with Crippen LogP contribution in [0.4, 0.5) is 0 Å². The van der Waals surface area contributed by atoms with E-state index in [4.69, 9.17) is 0 Å². The molecule has 1 aromatic rings. The van der Waals surface area contributed by atoms with Gasteiger partial charge in [0.05, 0.1) is 0 Å². The summed E-state index contributed by atoms with van der Waals surface area (Å²) in [5.74, 6) is 0. The Hall–Kier alpha value is -1.30. The Balaban J connectivity index is 0.000000244. The molecule has 88 valence electrons. The van der Waals surface area contributed by atoms with Crippen molar-refractivity contribution in [2.75, 3.05) is 0 Å². The molecule has 1 aliphatic carbocycles. The first-order valence-corrected chi connectivity index (χ1v) is 6.14. The van der Waals surface area contributed by atoms with Gasteiger partial charge < -0.3 is 0 Å². The van der Waals surface area contributed by atoms with Gasteiger partial charge in [-0.3, -0.25) is 0 Å². The molecule has 0 spiro atoms. The second kappa shape index (κ2) is 10.2. The van der Waals surface area contributed by atoms with E-state index in [2.05, 4.69) is 44.2 Å². The maximum absolute atomic E-state index is 2.26. The number of hydrogen-bond acceptors (Lipinski definition) is 0. The molecule has 0 N–H and O–H groups in total. The van der Waals surface area contributed by atoms with Gasteiger partial charge in [-0.05, 0) is 26.7 Å². The number of aryl methyl sites for hydroxylation is 1. The molecule has 0 heterocycles. The Labute approximate surface area is 101 Å². The molecule has 0 amide bonds. The van der Waals surface area contributed by atoms with Crippen molar-refractivity contribution >= 4 is 0 Å². The molecule has 16 heavy (non-hydrogen) atoms. The van der Waals surface area contributed by atoms with Crippen molar-refractivity contribution in [3.8, 4) is 0 Å². The van der Waals surface area contributed by atoms with Crippen molar-refractivity contribution in [2.24, 2.45) is 0 Å². The minimum atomic E-state index is 1.23. The summed E-state index contributed by atoms with van der Waals surface area (Å²) in [6.45, 7) is 8.22. The molecule has 0 saturated carbocycles.